The molecule has 3 rings (SSSR count). The molecule has 0 saturated heterocycles. The van der Waals surface area contributed by atoms with Gasteiger partial charge >= 0.3 is 0 Å². The minimum absolute atomic E-state index is 0.127. The first-order chi connectivity index (χ1) is 9.47. The summed E-state index contributed by atoms with van der Waals surface area (Å²) in [6.07, 6.45) is 1.05. The second kappa shape index (κ2) is 4.62. The molecule has 2 aromatic rings. The van der Waals surface area contributed by atoms with Crippen LogP contribution in [0.2, 0.25) is 0 Å². The van der Waals surface area contributed by atoms with Crippen LogP contribution in [0.4, 0.5) is 10.1 Å². The van der Waals surface area contributed by atoms with Gasteiger partial charge in [-0.25, -0.2) is 4.39 Å². The highest BCUT2D eigenvalue weighted by molar-refractivity contribution is 5.54. The molecular weight excluding hydrogens is 249 g/mol. The van der Waals surface area contributed by atoms with E-state index in [0.717, 1.165) is 17.7 Å². The molecule has 0 fully saturated rings. The zero-order valence-corrected chi connectivity index (χ0v) is 12.2. The number of benzene rings is 2. The lowest BCUT2D eigenvalue weighted by Crippen LogP contribution is -2.24. The number of halogens is 1. The highest BCUT2D eigenvalue weighted by Crippen LogP contribution is 2.47. The van der Waals surface area contributed by atoms with Crippen molar-refractivity contribution < 1.29 is 4.39 Å². The van der Waals surface area contributed by atoms with Gasteiger partial charge in [0.25, 0.3) is 0 Å². The van der Waals surface area contributed by atoms with Crippen molar-refractivity contribution in [2.75, 3.05) is 5.32 Å². The van der Waals surface area contributed by atoms with Crippen molar-refractivity contribution >= 4 is 5.69 Å². The summed E-state index contributed by atoms with van der Waals surface area (Å²) in [6.45, 7) is 6.54. The molecule has 0 aliphatic heterocycles. The van der Waals surface area contributed by atoms with Crippen LogP contribution < -0.4 is 5.32 Å². The molecule has 0 heterocycles. The van der Waals surface area contributed by atoms with Gasteiger partial charge in [0.15, 0.2) is 0 Å². The Bertz CT molecular complexity index is 646. The summed E-state index contributed by atoms with van der Waals surface area (Å²) in [5, 5.41) is 3.56. The van der Waals surface area contributed by atoms with Crippen molar-refractivity contribution in [3.05, 3.63) is 65.0 Å². The van der Waals surface area contributed by atoms with E-state index in [1.807, 2.05) is 13.0 Å². The lowest BCUT2D eigenvalue weighted by Gasteiger charge is -2.30. The van der Waals surface area contributed by atoms with E-state index in [9.17, 15) is 4.39 Å². The summed E-state index contributed by atoms with van der Waals surface area (Å²) in [4.78, 5) is 0. The summed E-state index contributed by atoms with van der Waals surface area (Å²) >= 11 is 0. The van der Waals surface area contributed by atoms with Crippen molar-refractivity contribution in [3.8, 4) is 0 Å². The number of hydrogen-bond acceptors (Lipinski definition) is 1. The largest absolute Gasteiger partial charge is 0.377 e. The minimum Gasteiger partial charge on any atom is -0.377 e. The number of hydrogen-bond donors (Lipinski definition) is 1. The van der Waals surface area contributed by atoms with Crippen LogP contribution in [0.5, 0.6) is 0 Å². The van der Waals surface area contributed by atoms with Crippen LogP contribution in [-0.2, 0) is 6.42 Å². The molecule has 0 radical (unpaired) electrons. The quantitative estimate of drug-likeness (QED) is 0.820. The van der Waals surface area contributed by atoms with Gasteiger partial charge < -0.3 is 5.32 Å². The lowest BCUT2D eigenvalue weighted by atomic mass is 9.85. The van der Waals surface area contributed by atoms with E-state index in [1.54, 1.807) is 6.07 Å². The number of nitrogens with one attached hydrogen (secondary N) is 1. The van der Waals surface area contributed by atoms with Crippen LogP contribution in [-0.4, -0.2) is 0 Å². The third-order valence-electron chi connectivity index (χ3n) is 4.29. The van der Waals surface area contributed by atoms with Crippen molar-refractivity contribution in [1.29, 1.82) is 0 Å². The Hall–Kier alpha value is -1.83. The maximum absolute atomic E-state index is 13.5. The van der Waals surface area contributed by atoms with Gasteiger partial charge in [0.2, 0.25) is 0 Å². The predicted molar refractivity (Wildman–Crippen MR) is 81.4 cm³/mol. The fourth-order valence-electron chi connectivity index (χ4n) is 3.17. The van der Waals surface area contributed by atoms with Gasteiger partial charge in [0.1, 0.15) is 5.82 Å². The van der Waals surface area contributed by atoms with Gasteiger partial charge in [-0.1, -0.05) is 44.2 Å². The maximum Gasteiger partial charge on any atom is 0.125 e. The molecule has 0 saturated carbocycles. The number of anilines is 1. The number of rotatable bonds is 2. The van der Waals surface area contributed by atoms with Crippen LogP contribution >= 0.6 is 0 Å². The molecule has 1 aliphatic rings. The highest BCUT2D eigenvalue weighted by atomic mass is 19.1. The van der Waals surface area contributed by atoms with E-state index in [0.29, 0.717) is 0 Å². The second-order valence-corrected chi connectivity index (χ2v) is 6.40. The molecular formula is C18H20FN. The average molecular weight is 269 g/mol. The first-order valence-electron chi connectivity index (χ1n) is 7.08. The summed E-state index contributed by atoms with van der Waals surface area (Å²) in [6, 6.07) is 13.7. The summed E-state index contributed by atoms with van der Waals surface area (Å²) in [5.41, 5.74) is 4.82. The van der Waals surface area contributed by atoms with Crippen LogP contribution in [0, 0.1) is 18.2 Å². The number of fused-ring (bicyclic) bond motifs is 1. The zero-order valence-electron chi connectivity index (χ0n) is 12.2. The fourth-order valence-corrected chi connectivity index (χ4v) is 3.17. The summed E-state index contributed by atoms with van der Waals surface area (Å²) in [5.74, 6) is -0.192. The van der Waals surface area contributed by atoms with E-state index in [2.05, 4.69) is 43.4 Å². The Morgan fingerprint density at radius 3 is 2.70 bits per heavy atom. The Kier molecular flexibility index (Phi) is 3.04. The molecule has 1 N–H and O–H groups in total. The molecule has 1 atom stereocenters. The molecule has 104 valence electrons. The summed E-state index contributed by atoms with van der Waals surface area (Å²) < 4.78 is 13.5. The van der Waals surface area contributed by atoms with Crippen molar-refractivity contribution in [2.24, 2.45) is 5.41 Å². The molecule has 20 heavy (non-hydrogen) atoms. The Balaban J connectivity index is 1.99. The fraction of sp³-hybridized carbons (Fsp3) is 0.333. The maximum atomic E-state index is 13.5. The first kappa shape index (κ1) is 13.2. The summed E-state index contributed by atoms with van der Waals surface area (Å²) in [7, 11) is 0. The van der Waals surface area contributed by atoms with Gasteiger partial charge in [-0.2, -0.15) is 0 Å². The third kappa shape index (κ3) is 2.20. The minimum atomic E-state index is -0.192. The van der Waals surface area contributed by atoms with Crippen molar-refractivity contribution in [1.82, 2.24) is 0 Å². The molecule has 1 aliphatic carbocycles. The Morgan fingerprint density at radius 1 is 1.15 bits per heavy atom. The van der Waals surface area contributed by atoms with Gasteiger partial charge in [0.05, 0.1) is 6.04 Å². The van der Waals surface area contributed by atoms with E-state index in [4.69, 9.17) is 0 Å². The third-order valence-corrected chi connectivity index (χ3v) is 4.29. The topological polar surface area (TPSA) is 12.0 Å². The molecule has 1 nitrogen and oxygen atoms in total. The number of aryl methyl sites for hydroxylation is 1. The van der Waals surface area contributed by atoms with E-state index >= 15 is 0 Å². The molecule has 2 aromatic carbocycles. The van der Waals surface area contributed by atoms with Crippen LogP contribution in [0.1, 0.15) is 36.6 Å². The van der Waals surface area contributed by atoms with Crippen molar-refractivity contribution in [3.63, 3.8) is 0 Å². The highest BCUT2D eigenvalue weighted by Gasteiger charge is 2.38. The standard InChI is InChI=1S/C18H20FN/c1-12-8-9-14(19)10-16(12)20-17-15-7-5-4-6-13(15)11-18(17,2)3/h4-10,17,20H,11H2,1-3H3. The van der Waals surface area contributed by atoms with Crippen LogP contribution in [0.3, 0.4) is 0 Å². The predicted octanol–water partition coefficient (Wildman–Crippen LogP) is 4.87. The van der Waals surface area contributed by atoms with Crippen LogP contribution in [0.25, 0.3) is 0 Å². The van der Waals surface area contributed by atoms with E-state index in [1.165, 1.54) is 17.2 Å². The molecule has 0 spiro atoms. The van der Waals surface area contributed by atoms with Gasteiger partial charge in [0, 0.05) is 5.69 Å². The SMILES string of the molecule is Cc1ccc(F)cc1NC1c2ccccc2CC1(C)C. The van der Waals surface area contributed by atoms with E-state index < -0.39 is 0 Å². The van der Waals surface area contributed by atoms with Gasteiger partial charge in [-0.15, -0.1) is 0 Å². The van der Waals surface area contributed by atoms with Crippen LogP contribution in [0.15, 0.2) is 42.5 Å². The lowest BCUT2D eigenvalue weighted by molar-refractivity contribution is 0.337. The Labute approximate surface area is 119 Å². The second-order valence-electron chi connectivity index (χ2n) is 6.40. The molecule has 2 heteroatoms. The monoisotopic (exact) mass is 269 g/mol. The smallest absolute Gasteiger partial charge is 0.125 e. The van der Waals surface area contributed by atoms with Gasteiger partial charge in [-0.3, -0.25) is 0 Å². The molecule has 1 unspecified atom stereocenters. The van der Waals surface area contributed by atoms with Gasteiger partial charge in [-0.05, 0) is 47.6 Å². The Morgan fingerprint density at radius 2 is 1.90 bits per heavy atom. The molecule has 0 aromatic heterocycles. The zero-order chi connectivity index (χ0) is 14.3. The average Bonchev–Trinajstić information content (AvgIpc) is 2.65. The van der Waals surface area contributed by atoms with Crippen molar-refractivity contribution in [2.45, 2.75) is 33.2 Å². The first-order valence-corrected chi connectivity index (χ1v) is 7.08. The van der Waals surface area contributed by atoms with E-state index in [-0.39, 0.29) is 17.3 Å². The normalized spacial score (nSPS) is 19.7. The molecule has 0 amide bonds. The molecule has 0 bridgehead atoms.